The third-order valence-corrected chi connectivity index (χ3v) is 15.2. The van der Waals surface area contributed by atoms with Crippen LogP contribution < -0.4 is 19.7 Å². The first-order valence-electron chi connectivity index (χ1n) is 26.9. The molecule has 1 atom stereocenters. The van der Waals surface area contributed by atoms with Crippen LogP contribution in [0.15, 0.2) is 48.9 Å². The number of carbonyl (C=O) groups is 4. The van der Waals surface area contributed by atoms with Crippen LogP contribution in [-0.2, 0) is 79.6 Å². The van der Waals surface area contributed by atoms with E-state index in [9.17, 15) is 49.5 Å². The number of aromatic nitrogens is 6. The summed E-state index contributed by atoms with van der Waals surface area (Å²) in [7, 11) is -3.89. The minimum Gasteiger partial charge on any atom is -0.445 e. The number of carbonyl (C=O) groups excluding carboxylic acids is 4. The number of rotatable bonds is 34. The third kappa shape index (κ3) is 17.6. The van der Waals surface area contributed by atoms with Crippen molar-refractivity contribution in [2.24, 2.45) is 0 Å². The Morgan fingerprint density at radius 3 is 2.26 bits per heavy atom. The van der Waals surface area contributed by atoms with Gasteiger partial charge in [0.2, 0.25) is 39.2 Å². The number of benzene rings is 2. The normalized spacial score (nSPS) is 14.5. The average Bonchev–Trinajstić information content (AvgIpc) is 4.24. The summed E-state index contributed by atoms with van der Waals surface area (Å²) in [5, 5.41) is 11.5. The quantitative estimate of drug-likeness (QED) is 0.0160. The van der Waals surface area contributed by atoms with Gasteiger partial charge in [0.15, 0.2) is 11.6 Å². The van der Waals surface area contributed by atoms with Gasteiger partial charge in [0.25, 0.3) is 0 Å². The molecule has 1 spiro atoms. The molecule has 448 valence electrons. The van der Waals surface area contributed by atoms with E-state index in [2.05, 4.69) is 30.1 Å². The molecule has 0 aliphatic carbocycles. The van der Waals surface area contributed by atoms with E-state index in [4.69, 9.17) is 40.3 Å². The van der Waals surface area contributed by atoms with Crippen LogP contribution in [0.25, 0.3) is 11.0 Å². The molecule has 3 aromatic heterocycles. The van der Waals surface area contributed by atoms with Crippen LogP contribution in [0.4, 0.5) is 32.4 Å². The second kappa shape index (κ2) is 30.7. The summed E-state index contributed by atoms with van der Waals surface area (Å²) >= 11 is 6.28. The number of nitrogens with zero attached hydrogens (tertiary/aromatic N) is 8. The Kier molecular flexibility index (Phi) is 23.7. The second-order valence-electron chi connectivity index (χ2n) is 19.4. The number of pyridine rings is 1. The summed E-state index contributed by atoms with van der Waals surface area (Å²) in [6.07, 6.45) is 6.46. The van der Waals surface area contributed by atoms with E-state index in [1.54, 1.807) is 47.2 Å². The zero-order valence-corrected chi connectivity index (χ0v) is 46.8. The van der Waals surface area contributed by atoms with Gasteiger partial charge in [-0.05, 0) is 81.7 Å². The number of amides is 3. The summed E-state index contributed by atoms with van der Waals surface area (Å²) in [5.41, 5.74) is 2.81. The molecule has 22 nitrogen and oxygen atoms in total. The first-order valence-corrected chi connectivity index (χ1v) is 28.9. The van der Waals surface area contributed by atoms with Gasteiger partial charge >= 0.3 is 12.1 Å². The summed E-state index contributed by atoms with van der Waals surface area (Å²) in [6.45, 7) is 4.37. The minimum absolute atomic E-state index is 0.00445. The van der Waals surface area contributed by atoms with Gasteiger partial charge in [-0.2, -0.15) is 8.78 Å². The van der Waals surface area contributed by atoms with Crippen molar-refractivity contribution in [1.29, 1.82) is 0 Å². The number of esters is 1. The van der Waals surface area contributed by atoms with Crippen LogP contribution in [-0.4, -0.2) is 164 Å². The highest BCUT2D eigenvalue weighted by Gasteiger charge is 2.53. The van der Waals surface area contributed by atoms with Crippen LogP contribution in [0, 0.1) is 23.3 Å². The number of anilines is 1. The zero-order chi connectivity index (χ0) is 58.7. The van der Waals surface area contributed by atoms with Crippen LogP contribution in [0.3, 0.4) is 0 Å². The molecule has 0 saturated carbocycles. The van der Waals surface area contributed by atoms with Gasteiger partial charge in [0.1, 0.15) is 11.9 Å². The Hall–Kier alpha value is -6.43. The SMILES string of the molecule is C[C@H](CNS(=O)(=O)CCC(=O)NCCCCc1cn(CCOCCOCCOCCOCCC(=O)Oc2c(F)c(F)cc(F)c2F)nn1)OC(=O)N1CCC2(CC1)C(=O)N(Cc1nc3cc(Cl)ccc3n1CCCCF)c1cnccc12. The van der Waals surface area contributed by atoms with Gasteiger partial charge < -0.3 is 48.1 Å². The summed E-state index contributed by atoms with van der Waals surface area (Å²) < 4.78 is 130. The van der Waals surface area contributed by atoms with Gasteiger partial charge in [-0.25, -0.2) is 36.4 Å². The molecule has 0 radical (unpaired) electrons. The van der Waals surface area contributed by atoms with Crippen molar-refractivity contribution in [2.75, 3.05) is 96.4 Å². The second-order valence-corrected chi connectivity index (χ2v) is 21.8. The van der Waals surface area contributed by atoms with Crippen molar-refractivity contribution >= 4 is 62.2 Å². The first-order chi connectivity index (χ1) is 39.5. The lowest BCUT2D eigenvalue weighted by Crippen LogP contribution is -2.50. The van der Waals surface area contributed by atoms with Crippen LogP contribution in [0.5, 0.6) is 5.75 Å². The Labute approximate surface area is 475 Å². The average molecular weight is 1200 g/mol. The number of hydrogen-bond donors (Lipinski definition) is 2. The number of ether oxygens (including phenoxy) is 6. The fraction of sp³-hybridized carbons (Fsp3) is 0.547. The lowest BCUT2D eigenvalue weighted by molar-refractivity contribution is -0.136. The van der Waals surface area contributed by atoms with Crippen LogP contribution in [0.1, 0.15) is 75.4 Å². The highest BCUT2D eigenvalue weighted by molar-refractivity contribution is 7.89. The molecular weight excluding hydrogens is 1130 g/mol. The Morgan fingerprint density at radius 2 is 1.55 bits per heavy atom. The molecule has 7 rings (SSSR count). The van der Waals surface area contributed by atoms with Crippen LogP contribution >= 0.6 is 11.6 Å². The molecule has 1 fully saturated rings. The smallest absolute Gasteiger partial charge is 0.410 e. The summed E-state index contributed by atoms with van der Waals surface area (Å²) in [6, 6.07) is 7.24. The van der Waals surface area contributed by atoms with Crippen molar-refractivity contribution in [3.63, 3.8) is 0 Å². The van der Waals surface area contributed by atoms with Crippen molar-refractivity contribution in [3.05, 3.63) is 94.3 Å². The largest absolute Gasteiger partial charge is 0.445 e. The molecule has 2 aliphatic heterocycles. The van der Waals surface area contributed by atoms with E-state index < -0.39 is 87.4 Å². The lowest BCUT2D eigenvalue weighted by atomic mass is 9.74. The van der Waals surface area contributed by atoms with Crippen molar-refractivity contribution in [1.82, 2.24) is 44.5 Å². The molecule has 1 saturated heterocycles. The fourth-order valence-corrected chi connectivity index (χ4v) is 10.5. The number of nitrogens with one attached hydrogen (secondary N) is 2. The van der Waals surface area contributed by atoms with Gasteiger partial charge in [0, 0.05) is 62.6 Å². The van der Waals surface area contributed by atoms with Crippen molar-refractivity contribution in [2.45, 2.75) is 95.9 Å². The summed E-state index contributed by atoms with van der Waals surface area (Å²) in [4.78, 5) is 64.4. The van der Waals surface area contributed by atoms with Gasteiger partial charge in [-0.15, -0.1) is 5.10 Å². The Morgan fingerprint density at radius 1 is 0.854 bits per heavy atom. The van der Waals surface area contributed by atoms with Crippen molar-refractivity contribution < 1.29 is 78.0 Å². The van der Waals surface area contributed by atoms with E-state index in [1.807, 2.05) is 16.7 Å². The molecule has 5 heterocycles. The topological polar surface area (TPSA) is 250 Å². The molecule has 5 aromatic rings. The highest BCUT2D eigenvalue weighted by atomic mass is 35.5. The number of imidazole rings is 1. The number of halogens is 6. The van der Waals surface area contributed by atoms with E-state index in [0.717, 1.165) is 16.8 Å². The fourth-order valence-electron chi connectivity index (χ4n) is 9.25. The zero-order valence-electron chi connectivity index (χ0n) is 45.2. The number of piperidine rings is 1. The number of sulfonamides is 1. The molecule has 0 bridgehead atoms. The predicted molar refractivity (Wildman–Crippen MR) is 286 cm³/mol. The highest BCUT2D eigenvalue weighted by Crippen LogP contribution is 2.48. The van der Waals surface area contributed by atoms with E-state index in [1.165, 1.54) is 4.90 Å². The summed E-state index contributed by atoms with van der Waals surface area (Å²) in [5.74, 6) is -10.0. The number of hydrogen-bond acceptors (Lipinski definition) is 16. The number of aryl methyl sites for hydroxylation is 2. The third-order valence-electron chi connectivity index (χ3n) is 13.6. The van der Waals surface area contributed by atoms with E-state index in [0.29, 0.717) is 106 Å². The van der Waals surface area contributed by atoms with E-state index in [-0.39, 0.29) is 77.6 Å². The maximum atomic E-state index is 14.5. The number of unbranched alkanes of at least 4 members (excludes halogenated alkanes) is 2. The molecule has 2 aliphatic rings. The monoisotopic (exact) mass is 1200 g/mol. The lowest BCUT2D eigenvalue weighted by Gasteiger charge is -2.38. The molecule has 3 amide bonds. The molecule has 82 heavy (non-hydrogen) atoms. The standard InChI is InChI=1S/C53H66ClF5N10O12S/c1-36(80-52(73)66-18-12-53(13-19-66)39-9-16-60-33-44(39)69(51(53)72)35-45-63-42-30-37(54)7-8-43(42)68(45)17-5-3-14-55)32-62-82(74,75)29-11-46(70)61-15-4-2-6-38-34-67(65-64-38)20-22-77-24-26-79-28-27-78-25-23-76-21-10-47(71)81-50-48(58)40(56)31-41(57)49(50)59/h7-9,16,30-31,33-34,36,62H,2-6,10-15,17-29,32,35H2,1H3,(H,61,70)/t36-/m1/s1. The molecular formula is C53H66ClF5N10O12S. The molecule has 29 heteroatoms. The number of alkyl halides is 1. The van der Waals surface area contributed by atoms with E-state index >= 15 is 0 Å². The molecule has 0 unspecified atom stereocenters. The first kappa shape index (κ1) is 63.2. The molecule has 2 N–H and O–H groups in total. The van der Waals surface area contributed by atoms with Gasteiger partial charge in [-0.3, -0.25) is 23.8 Å². The number of fused-ring (bicyclic) bond motifs is 3. The maximum Gasteiger partial charge on any atom is 0.410 e. The predicted octanol–water partition coefficient (Wildman–Crippen LogP) is 5.90. The van der Waals surface area contributed by atoms with Crippen LogP contribution in [0.2, 0.25) is 5.02 Å². The van der Waals surface area contributed by atoms with Gasteiger partial charge in [-0.1, -0.05) is 16.8 Å². The number of likely N-dealkylation sites (tertiary alicyclic amines) is 1. The minimum atomic E-state index is -3.89. The van der Waals surface area contributed by atoms with Crippen molar-refractivity contribution in [3.8, 4) is 5.75 Å². The molecule has 2 aromatic carbocycles. The van der Waals surface area contributed by atoms with Gasteiger partial charge in [0.05, 0.1) is 119 Å². The Bertz CT molecular complexity index is 3050. The maximum absolute atomic E-state index is 14.5. The Balaban J connectivity index is 0.689.